The molecule has 2 bridgehead atoms. The van der Waals surface area contributed by atoms with Crippen molar-refractivity contribution in [2.75, 3.05) is 39.5 Å². The van der Waals surface area contributed by atoms with Crippen molar-refractivity contribution < 1.29 is 27.2 Å². The Morgan fingerprint density at radius 3 is 1.49 bits per heavy atom. The minimum atomic E-state index is -3.41. The molecule has 0 spiro atoms. The third kappa shape index (κ3) is 7.54. The average molecular weight is 643 g/mol. The first kappa shape index (κ1) is 32.8. The fourth-order valence-electron chi connectivity index (χ4n) is 5.17. The van der Waals surface area contributed by atoms with E-state index in [2.05, 4.69) is 35.9 Å². The molecule has 0 radical (unpaired) electrons. The highest BCUT2D eigenvalue weighted by Gasteiger charge is 2.33. The highest BCUT2D eigenvalue weighted by atomic mass is 32.1. The number of hydrogen-bond acceptors (Lipinski definition) is 9. The zero-order chi connectivity index (χ0) is 29.6. The van der Waals surface area contributed by atoms with Gasteiger partial charge in [-0.25, -0.2) is 0 Å². The molecule has 8 nitrogen and oxygen atoms in total. The molecule has 3 aromatic rings. The van der Waals surface area contributed by atoms with Crippen LogP contribution in [0.4, 0.5) is 0 Å². The number of aromatic amines is 1. The van der Waals surface area contributed by atoms with Crippen molar-refractivity contribution in [3.8, 4) is 21.1 Å². The third-order valence-corrected chi connectivity index (χ3v) is 14.7. The topological polar surface area (TPSA) is 90.1 Å². The van der Waals surface area contributed by atoms with Gasteiger partial charge in [0.2, 0.25) is 0 Å². The number of rotatable bonds is 11. The molecule has 0 fully saturated rings. The third-order valence-electron chi connectivity index (χ3n) is 7.02. The second kappa shape index (κ2) is 14.6. The molecule has 0 unspecified atom stereocenters. The summed E-state index contributed by atoms with van der Waals surface area (Å²) in [6, 6.07) is 8.62. The van der Waals surface area contributed by atoms with Crippen LogP contribution in [0.1, 0.15) is 65.5 Å². The van der Waals surface area contributed by atoms with E-state index in [0.29, 0.717) is 41.7 Å². The van der Waals surface area contributed by atoms with Crippen molar-refractivity contribution in [1.29, 1.82) is 0 Å². The Labute approximate surface area is 252 Å². The maximum absolute atomic E-state index is 13.7. The molecular formula is C29H44N2O6P2S2. The average Bonchev–Trinajstić information content (AvgIpc) is 3.66. The van der Waals surface area contributed by atoms with Gasteiger partial charge in [-0.3, -0.25) is 9.13 Å². The summed E-state index contributed by atoms with van der Waals surface area (Å²) < 4.78 is 51.5. The molecule has 228 valence electrons. The normalized spacial score (nSPS) is 15.6. The maximum Gasteiger partial charge on any atom is 0.371 e. The van der Waals surface area contributed by atoms with Crippen LogP contribution in [0.5, 0.6) is 0 Å². The first-order valence-electron chi connectivity index (χ1n) is 14.7. The molecule has 12 heteroatoms. The van der Waals surface area contributed by atoms with E-state index in [9.17, 15) is 9.13 Å². The van der Waals surface area contributed by atoms with Gasteiger partial charge in [0.05, 0.1) is 47.6 Å². The second-order valence-corrected chi connectivity index (χ2v) is 16.9. The zero-order valence-electron chi connectivity index (χ0n) is 25.1. The Kier molecular flexibility index (Phi) is 11.7. The number of thiophene rings is 2. The second-order valence-electron chi connectivity index (χ2n) is 10.2. The van der Waals surface area contributed by atoms with Gasteiger partial charge in [-0.2, -0.15) is 0 Å². The molecule has 0 saturated carbocycles. The Hall–Kier alpha value is -1.06. The van der Waals surface area contributed by atoms with Crippen LogP contribution in [-0.2, 0) is 40.1 Å². The van der Waals surface area contributed by atoms with Gasteiger partial charge in [0.15, 0.2) is 0 Å². The standard InChI is InChI=1S/C29H44N2O6P2S2/c1-7-34-38(32,35-8-2)26-19-22-13-11-17-31(21(5)6)18-12-14-23-20-27(39(33,36-9-3)37-10-4)41-29(23)25-16-15-24(30-25)28(22)40-26/h15-16,19-21,30H,7-14,17-18H2,1-6H3. The first-order chi connectivity index (χ1) is 19.7. The predicted molar refractivity (Wildman–Crippen MR) is 172 cm³/mol. The lowest BCUT2D eigenvalue weighted by atomic mass is 10.1. The van der Waals surface area contributed by atoms with Gasteiger partial charge in [-0.05, 0) is 116 Å². The fraction of sp³-hybridized carbons (Fsp3) is 0.586. The smallest absolute Gasteiger partial charge is 0.353 e. The number of nitrogens with zero attached hydrogens (tertiary/aromatic N) is 1. The molecule has 0 aromatic carbocycles. The summed E-state index contributed by atoms with van der Waals surface area (Å²) >= 11 is 2.96. The maximum atomic E-state index is 13.7. The van der Waals surface area contributed by atoms with E-state index < -0.39 is 15.2 Å². The van der Waals surface area contributed by atoms with Crippen molar-refractivity contribution in [1.82, 2.24) is 9.88 Å². The molecular weight excluding hydrogens is 598 g/mol. The van der Waals surface area contributed by atoms with Crippen LogP contribution in [0.2, 0.25) is 0 Å². The number of aryl methyl sites for hydroxylation is 2. The number of hydrogen-bond donors (Lipinski definition) is 1. The van der Waals surface area contributed by atoms with Crippen molar-refractivity contribution in [3.05, 3.63) is 35.4 Å². The van der Waals surface area contributed by atoms with E-state index in [0.717, 1.165) is 71.0 Å². The molecule has 1 aliphatic rings. The highest BCUT2D eigenvalue weighted by molar-refractivity contribution is 7.69. The molecule has 0 amide bonds. The van der Waals surface area contributed by atoms with Crippen LogP contribution in [0.15, 0.2) is 24.3 Å². The number of H-pyrrole nitrogens is 1. The van der Waals surface area contributed by atoms with Gasteiger partial charge < -0.3 is 28.0 Å². The van der Waals surface area contributed by atoms with Gasteiger partial charge >= 0.3 is 15.2 Å². The number of nitrogens with one attached hydrogen (secondary N) is 1. The van der Waals surface area contributed by atoms with Crippen molar-refractivity contribution >= 4 is 47.1 Å². The quantitative estimate of drug-likeness (QED) is 0.213. The molecule has 0 saturated heterocycles. The van der Waals surface area contributed by atoms with E-state index >= 15 is 0 Å². The van der Waals surface area contributed by atoms with Crippen LogP contribution >= 0.6 is 37.9 Å². The molecule has 1 aliphatic heterocycles. The first-order valence-corrected chi connectivity index (χ1v) is 19.4. The van der Waals surface area contributed by atoms with Crippen molar-refractivity contribution in [2.45, 2.75) is 73.3 Å². The highest BCUT2D eigenvalue weighted by Crippen LogP contribution is 2.52. The lowest BCUT2D eigenvalue weighted by Gasteiger charge is -2.26. The Morgan fingerprint density at radius 1 is 0.756 bits per heavy atom. The minimum absolute atomic E-state index is 0.312. The fourth-order valence-corrected chi connectivity index (χ4v) is 11.8. The van der Waals surface area contributed by atoms with Crippen LogP contribution in [-0.4, -0.2) is 55.4 Å². The zero-order valence-corrected chi connectivity index (χ0v) is 28.5. The van der Waals surface area contributed by atoms with Crippen molar-refractivity contribution in [2.24, 2.45) is 0 Å². The van der Waals surface area contributed by atoms with E-state index in [1.807, 2.05) is 39.8 Å². The summed E-state index contributed by atoms with van der Waals surface area (Å²) in [5.74, 6) is 0. The predicted octanol–water partition coefficient (Wildman–Crippen LogP) is 7.84. The number of fused-ring (bicyclic) bond motifs is 6. The van der Waals surface area contributed by atoms with Crippen LogP contribution in [0, 0.1) is 0 Å². The molecule has 0 aliphatic carbocycles. The van der Waals surface area contributed by atoms with Gasteiger partial charge in [0.25, 0.3) is 0 Å². The lowest BCUT2D eigenvalue weighted by Crippen LogP contribution is -2.33. The van der Waals surface area contributed by atoms with Gasteiger partial charge in [-0.15, -0.1) is 22.7 Å². The Balaban J connectivity index is 1.83. The Morgan fingerprint density at radius 2 is 1.15 bits per heavy atom. The van der Waals surface area contributed by atoms with Crippen LogP contribution < -0.4 is 9.24 Å². The van der Waals surface area contributed by atoms with Crippen LogP contribution in [0.3, 0.4) is 0 Å². The monoisotopic (exact) mass is 642 g/mol. The summed E-state index contributed by atoms with van der Waals surface area (Å²) in [7, 11) is -6.82. The summed E-state index contributed by atoms with van der Waals surface area (Å²) in [4.78, 5) is 8.25. The number of aromatic nitrogens is 1. The van der Waals surface area contributed by atoms with Gasteiger partial charge in [-0.1, -0.05) is 0 Å². The largest absolute Gasteiger partial charge is 0.371 e. The molecule has 1 N–H and O–H groups in total. The molecule has 4 heterocycles. The van der Waals surface area contributed by atoms with E-state index in [4.69, 9.17) is 18.1 Å². The van der Waals surface area contributed by atoms with E-state index in [-0.39, 0.29) is 0 Å². The summed E-state index contributed by atoms with van der Waals surface area (Å²) in [5.41, 5.74) is 4.20. The molecule has 4 rings (SSSR count). The minimum Gasteiger partial charge on any atom is -0.353 e. The molecule has 41 heavy (non-hydrogen) atoms. The molecule has 0 atom stereocenters. The van der Waals surface area contributed by atoms with Gasteiger partial charge in [0.1, 0.15) is 9.24 Å². The SMILES string of the molecule is CCOP(=O)(OCC)c1cc2c(s1)-c1ccc([nH]1)-c1sc(P(=O)(OCC)OCC)cc1CCCN(C(C)C)CCC2. The molecule has 3 aromatic heterocycles. The summed E-state index contributed by atoms with van der Waals surface area (Å²) in [6.45, 7) is 15.0. The summed E-state index contributed by atoms with van der Waals surface area (Å²) in [6.07, 6.45) is 3.70. The summed E-state index contributed by atoms with van der Waals surface area (Å²) in [5, 5.41) is 0. The lowest BCUT2D eigenvalue weighted by molar-refractivity contribution is 0.217. The van der Waals surface area contributed by atoms with Crippen LogP contribution in [0.25, 0.3) is 21.1 Å². The van der Waals surface area contributed by atoms with Gasteiger partial charge in [0, 0.05) is 6.04 Å². The Bertz CT molecular complexity index is 1260. The van der Waals surface area contributed by atoms with Crippen molar-refractivity contribution in [3.63, 3.8) is 0 Å². The van der Waals surface area contributed by atoms with E-state index in [1.54, 1.807) is 0 Å². The van der Waals surface area contributed by atoms with E-state index in [1.165, 1.54) is 22.7 Å².